The first kappa shape index (κ1) is 31.5. The Morgan fingerprint density at radius 2 is 1.31 bits per heavy atom. The van der Waals surface area contributed by atoms with Crippen LogP contribution in [0, 0.1) is 11.3 Å². The monoisotopic (exact) mass is 629 g/mol. The van der Waals surface area contributed by atoms with E-state index in [1.165, 1.54) is 6.33 Å². The van der Waals surface area contributed by atoms with Gasteiger partial charge in [-0.2, -0.15) is 23.9 Å². The average molecular weight is 630 g/mol. The van der Waals surface area contributed by atoms with Crippen LogP contribution in [0.1, 0.15) is 47.0 Å². The molecule has 14 nitrogen and oxygen atoms in total. The summed E-state index contributed by atoms with van der Waals surface area (Å²) in [6.07, 6.45) is 17.0. The molecule has 0 spiro atoms. The normalized spacial score (nSPS) is 12.3. The van der Waals surface area contributed by atoms with Gasteiger partial charge in [0, 0.05) is 53.1 Å². The van der Waals surface area contributed by atoms with Crippen molar-refractivity contribution in [2.24, 2.45) is 0 Å². The molecular weight excluding hydrogens is 594 g/mol. The van der Waals surface area contributed by atoms with Crippen molar-refractivity contribution in [3.8, 4) is 28.6 Å². The highest BCUT2D eigenvalue weighted by atomic mass is 32.2. The third-order valence-electron chi connectivity index (χ3n) is 7.52. The van der Waals surface area contributed by atoms with Crippen molar-refractivity contribution in [3.63, 3.8) is 0 Å². The number of fused-ring (bicyclic) bond motifs is 2. The lowest BCUT2D eigenvalue weighted by atomic mass is 9.99. The molecular formula is C30H35N11O3S. The molecule has 0 fully saturated rings. The fourth-order valence-corrected chi connectivity index (χ4v) is 5.18. The second kappa shape index (κ2) is 12.6. The minimum atomic E-state index is -3.43. The Balaban J connectivity index is 0.000000179. The summed E-state index contributed by atoms with van der Waals surface area (Å²) in [5.41, 5.74) is 4.49. The molecule has 234 valence electrons. The van der Waals surface area contributed by atoms with E-state index in [2.05, 4.69) is 60.0 Å². The Kier molecular flexibility index (Phi) is 8.80. The van der Waals surface area contributed by atoms with Crippen LogP contribution in [0.4, 0.5) is 0 Å². The lowest BCUT2D eigenvalue weighted by molar-refractivity contribution is 0.220. The summed E-state index contributed by atoms with van der Waals surface area (Å²) in [5.74, 6) is 0. The van der Waals surface area contributed by atoms with E-state index in [4.69, 9.17) is 9.44 Å². The van der Waals surface area contributed by atoms with E-state index >= 15 is 0 Å². The van der Waals surface area contributed by atoms with Crippen molar-refractivity contribution in [1.82, 2.24) is 49.5 Å². The van der Waals surface area contributed by atoms with Gasteiger partial charge in [-0.1, -0.05) is 0 Å². The Bertz CT molecular complexity index is 2060. The van der Waals surface area contributed by atoms with Gasteiger partial charge in [-0.25, -0.2) is 19.9 Å². The van der Waals surface area contributed by atoms with Gasteiger partial charge in [0.2, 0.25) is 0 Å². The van der Waals surface area contributed by atoms with E-state index < -0.39 is 15.7 Å². The van der Waals surface area contributed by atoms with Crippen LogP contribution in [0.5, 0.6) is 0 Å². The third kappa shape index (κ3) is 7.24. The minimum absolute atomic E-state index is 0.108. The van der Waals surface area contributed by atoms with Gasteiger partial charge in [-0.15, -0.1) is 0 Å². The zero-order valence-electron chi connectivity index (χ0n) is 25.8. The molecule has 6 aromatic rings. The van der Waals surface area contributed by atoms with Gasteiger partial charge in [0.1, 0.15) is 23.9 Å². The smallest absolute Gasteiger partial charge is 0.264 e. The molecule has 15 heteroatoms. The van der Waals surface area contributed by atoms with Gasteiger partial charge >= 0.3 is 0 Å². The second-order valence-electron chi connectivity index (χ2n) is 11.8. The minimum Gasteiger partial charge on any atom is -0.346 e. The van der Waals surface area contributed by atoms with Crippen molar-refractivity contribution in [1.29, 1.82) is 5.26 Å². The van der Waals surface area contributed by atoms with Crippen LogP contribution in [0.15, 0.2) is 62.0 Å². The van der Waals surface area contributed by atoms with Gasteiger partial charge < -0.3 is 9.97 Å². The fourth-order valence-electron chi connectivity index (χ4n) is 4.79. The van der Waals surface area contributed by atoms with Crippen LogP contribution in [0.2, 0.25) is 0 Å². The van der Waals surface area contributed by atoms with Gasteiger partial charge in [0.05, 0.1) is 53.8 Å². The van der Waals surface area contributed by atoms with Gasteiger partial charge in [-0.05, 0) is 52.7 Å². The lowest BCUT2D eigenvalue weighted by Gasteiger charge is -2.24. The molecule has 0 atom stereocenters. The molecule has 0 bridgehead atoms. The SMILES string of the molecule is CC(C)(CCC#N)n1cc(-c2ncnc3[nH]ccc23)cn1.CC(C)(CCOS(C)(=O)=O)n1cc(-c2ncnc3[nH]ccc23)cn1. The molecule has 6 rings (SSSR count). The Morgan fingerprint density at radius 3 is 1.78 bits per heavy atom. The molecule has 0 aliphatic heterocycles. The van der Waals surface area contributed by atoms with Crippen molar-refractivity contribution in [2.45, 2.75) is 58.0 Å². The van der Waals surface area contributed by atoms with E-state index in [1.54, 1.807) is 17.2 Å². The van der Waals surface area contributed by atoms with Crippen molar-refractivity contribution >= 4 is 32.2 Å². The van der Waals surface area contributed by atoms with E-state index in [0.29, 0.717) is 12.8 Å². The Morgan fingerprint density at radius 1 is 0.822 bits per heavy atom. The number of hydrogen-bond acceptors (Lipinski definition) is 10. The van der Waals surface area contributed by atoms with Crippen molar-refractivity contribution < 1.29 is 12.6 Å². The van der Waals surface area contributed by atoms with Crippen LogP contribution in [0.25, 0.3) is 44.6 Å². The maximum atomic E-state index is 11.1. The van der Waals surface area contributed by atoms with E-state index in [1.807, 2.05) is 61.6 Å². The number of aromatic nitrogens is 10. The average Bonchev–Trinajstić information content (AvgIpc) is 3.81. The van der Waals surface area contributed by atoms with Gasteiger partial charge in [0.25, 0.3) is 10.1 Å². The standard InChI is InChI=1S/C15H16N6.C15H19N5O3S/c1-15(2,5-3-6-16)21-9-11(8-20-21)13-12-4-7-17-14(12)19-10-18-13;1-15(2,5-7-23-24(3,21)22)20-9-11(8-19-20)13-12-4-6-16-14(12)18-10-17-13/h4,7-10H,3,5H2,1-2H3,(H,17,18,19);4,6,8-10H,5,7H2,1-3H3,(H,16,17,18). The number of nitrogens with one attached hydrogen (secondary N) is 2. The number of nitriles is 1. The number of hydrogen-bond donors (Lipinski definition) is 2. The van der Waals surface area contributed by atoms with Crippen molar-refractivity contribution in [3.05, 3.63) is 62.0 Å². The summed E-state index contributed by atoms with van der Waals surface area (Å²) in [6, 6.07) is 6.07. The summed E-state index contributed by atoms with van der Waals surface area (Å²) in [7, 11) is -3.43. The first-order chi connectivity index (χ1) is 21.4. The zero-order chi connectivity index (χ0) is 32.2. The number of H-pyrrole nitrogens is 2. The first-order valence-corrected chi connectivity index (χ1v) is 16.1. The molecule has 0 saturated carbocycles. The predicted octanol–water partition coefficient (Wildman–Crippen LogP) is 4.78. The van der Waals surface area contributed by atoms with E-state index in [-0.39, 0.29) is 12.1 Å². The summed E-state index contributed by atoms with van der Waals surface area (Å²) >= 11 is 0. The largest absolute Gasteiger partial charge is 0.346 e. The Hall–Kier alpha value is -4.94. The molecule has 2 N–H and O–H groups in total. The highest BCUT2D eigenvalue weighted by Crippen LogP contribution is 2.29. The van der Waals surface area contributed by atoms with Gasteiger partial charge in [0.15, 0.2) is 0 Å². The molecule has 0 aliphatic carbocycles. The quantitative estimate of drug-likeness (QED) is 0.200. The van der Waals surface area contributed by atoms with Gasteiger partial charge in [-0.3, -0.25) is 13.5 Å². The summed E-state index contributed by atoms with van der Waals surface area (Å²) in [4.78, 5) is 23.2. The van der Waals surface area contributed by atoms with Crippen molar-refractivity contribution in [2.75, 3.05) is 12.9 Å². The molecule has 0 aliphatic rings. The fraction of sp³-hybridized carbons (Fsp3) is 0.367. The maximum Gasteiger partial charge on any atom is 0.264 e. The highest BCUT2D eigenvalue weighted by Gasteiger charge is 2.24. The lowest BCUT2D eigenvalue weighted by Crippen LogP contribution is -2.28. The molecule has 6 heterocycles. The van der Waals surface area contributed by atoms with E-state index in [0.717, 1.165) is 57.3 Å². The second-order valence-corrected chi connectivity index (χ2v) is 13.5. The molecule has 6 aromatic heterocycles. The summed E-state index contributed by atoms with van der Waals surface area (Å²) in [6.45, 7) is 8.21. The van der Waals surface area contributed by atoms with Crippen LogP contribution < -0.4 is 0 Å². The number of rotatable bonds is 10. The predicted molar refractivity (Wildman–Crippen MR) is 169 cm³/mol. The highest BCUT2D eigenvalue weighted by molar-refractivity contribution is 7.85. The number of nitrogens with zero attached hydrogens (tertiary/aromatic N) is 9. The van der Waals surface area contributed by atoms with Crippen LogP contribution in [-0.4, -0.2) is 70.7 Å². The molecule has 45 heavy (non-hydrogen) atoms. The van der Waals surface area contributed by atoms with E-state index in [9.17, 15) is 8.42 Å². The summed E-state index contributed by atoms with van der Waals surface area (Å²) in [5, 5.41) is 19.5. The molecule has 0 saturated heterocycles. The third-order valence-corrected chi connectivity index (χ3v) is 8.12. The zero-order valence-corrected chi connectivity index (χ0v) is 26.6. The maximum absolute atomic E-state index is 11.1. The molecule has 0 unspecified atom stereocenters. The topological polar surface area (TPSA) is 186 Å². The van der Waals surface area contributed by atoms with Crippen LogP contribution >= 0.6 is 0 Å². The molecule has 0 radical (unpaired) electrons. The first-order valence-electron chi connectivity index (χ1n) is 14.3. The van der Waals surface area contributed by atoms with Crippen LogP contribution in [-0.2, 0) is 25.4 Å². The number of aromatic amines is 2. The van der Waals surface area contributed by atoms with Crippen LogP contribution in [0.3, 0.4) is 0 Å². The molecule has 0 aromatic carbocycles. The molecule has 0 amide bonds. The Labute approximate surface area is 260 Å². The summed E-state index contributed by atoms with van der Waals surface area (Å²) < 4.78 is 30.7.